The van der Waals surface area contributed by atoms with Crippen molar-refractivity contribution in [3.05, 3.63) is 23.0 Å². The van der Waals surface area contributed by atoms with Crippen LogP contribution in [0.25, 0.3) is 0 Å². The van der Waals surface area contributed by atoms with Gasteiger partial charge in [0.1, 0.15) is 5.69 Å². The van der Waals surface area contributed by atoms with Crippen LogP contribution in [0.15, 0.2) is 12.3 Å². The molecule has 3 rings (SSSR count). The van der Waals surface area contributed by atoms with Crippen LogP contribution < -0.4 is 10.6 Å². The molecular weight excluding hydrogens is 274 g/mol. The zero-order valence-corrected chi connectivity index (χ0v) is 12.6. The van der Waals surface area contributed by atoms with E-state index in [0.717, 1.165) is 25.9 Å². The van der Waals surface area contributed by atoms with Gasteiger partial charge in [-0.15, -0.1) is 0 Å². The molecule has 0 aromatic carbocycles. The fourth-order valence-corrected chi connectivity index (χ4v) is 3.20. The average molecular weight is 296 g/mol. The van der Waals surface area contributed by atoms with Crippen LogP contribution in [0.1, 0.15) is 49.1 Å². The zero-order chi connectivity index (χ0) is 14.1. The largest absolute Gasteiger partial charge is 0.348 e. The van der Waals surface area contributed by atoms with Gasteiger partial charge in [0, 0.05) is 18.3 Å². The number of piperidine rings is 1. The van der Waals surface area contributed by atoms with Gasteiger partial charge >= 0.3 is 0 Å². The van der Waals surface area contributed by atoms with Gasteiger partial charge in [0.15, 0.2) is 0 Å². The molecule has 1 amide bonds. The number of carbonyl (C=O) groups is 1. The summed E-state index contributed by atoms with van der Waals surface area (Å²) in [4.78, 5) is 12.5. The molecule has 1 aliphatic carbocycles. The monoisotopic (exact) mass is 295 g/mol. The van der Waals surface area contributed by atoms with Crippen LogP contribution in [0.2, 0.25) is 5.02 Å². The lowest BCUT2D eigenvalue weighted by Gasteiger charge is -2.29. The second-order valence-corrected chi connectivity index (χ2v) is 6.49. The topological polar surface area (TPSA) is 46.1 Å². The SMILES string of the molecule is CC(NC(=O)c1cc(Cl)cn1C1CC1)C1CCCNC1. The van der Waals surface area contributed by atoms with Crippen molar-refractivity contribution in [1.82, 2.24) is 15.2 Å². The number of hydrogen-bond acceptors (Lipinski definition) is 2. The van der Waals surface area contributed by atoms with Crippen molar-refractivity contribution < 1.29 is 4.79 Å². The number of hydrogen-bond donors (Lipinski definition) is 2. The molecule has 1 saturated carbocycles. The molecular formula is C15H22ClN3O. The fourth-order valence-electron chi connectivity index (χ4n) is 2.99. The molecule has 5 heteroatoms. The highest BCUT2D eigenvalue weighted by Crippen LogP contribution is 2.37. The number of aromatic nitrogens is 1. The van der Waals surface area contributed by atoms with Crippen LogP contribution >= 0.6 is 11.6 Å². The summed E-state index contributed by atoms with van der Waals surface area (Å²) in [6, 6.07) is 2.44. The van der Waals surface area contributed by atoms with Crippen molar-refractivity contribution in [2.45, 2.75) is 44.7 Å². The third-order valence-corrected chi connectivity index (χ3v) is 4.60. The van der Waals surface area contributed by atoms with E-state index in [1.54, 1.807) is 6.07 Å². The summed E-state index contributed by atoms with van der Waals surface area (Å²) in [7, 11) is 0. The molecule has 2 fully saturated rings. The van der Waals surface area contributed by atoms with Crippen molar-refractivity contribution in [2.75, 3.05) is 13.1 Å². The number of rotatable bonds is 4. The maximum Gasteiger partial charge on any atom is 0.268 e. The van der Waals surface area contributed by atoms with Crippen molar-refractivity contribution in [1.29, 1.82) is 0 Å². The molecule has 110 valence electrons. The highest BCUT2D eigenvalue weighted by atomic mass is 35.5. The van der Waals surface area contributed by atoms with Gasteiger partial charge in [0.05, 0.1) is 5.02 Å². The third kappa shape index (κ3) is 3.01. The van der Waals surface area contributed by atoms with E-state index in [4.69, 9.17) is 11.6 Å². The molecule has 0 spiro atoms. The maximum atomic E-state index is 12.5. The molecule has 1 aromatic rings. The van der Waals surface area contributed by atoms with Gasteiger partial charge in [-0.25, -0.2) is 0 Å². The highest BCUT2D eigenvalue weighted by molar-refractivity contribution is 6.31. The summed E-state index contributed by atoms with van der Waals surface area (Å²) in [6.45, 7) is 4.19. The first-order valence-electron chi connectivity index (χ1n) is 7.54. The number of carbonyl (C=O) groups excluding carboxylic acids is 1. The quantitative estimate of drug-likeness (QED) is 0.897. The third-order valence-electron chi connectivity index (χ3n) is 4.39. The van der Waals surface area contributed by atoms with Crippen LogP contribution in [0, 0.1) is 5.92 Å². The van der Waals surface area contributed by atoms with Crippen molar-refractivity contribution >= 4 is 17.5 Å². The minimum Gasteiger partial charge on any atom is -0.348 e. The Labute approximate surface area is 124 Å². The Balaban J connectivity index is 1.66. The van der Waals surface area contributed by atoms with Crippen LogP contribution in [0.5, 0.6) is 0 Å². The second-order valence-electron chi connectivity index (χ2n) is 6.05. The molecule has 2 N–H and O–H groups in total. The Bertz CT molecular complexity index is 489. The van der Waals surface area contributed by atoms with Crippen LogP contribution in [0.4, 0.5) is 0 Å². The van der Waals surface area contributed by atoms with Gasteiger partial charge in [-0.05, 0) is 57.7 Å². The number of nitrogens with zero attached hydrogens (tertiary/aromatic N) is 1. The Kier molecular flexibility index (Phi) is 4.03. The summed E-state index contributed by atoms with van der Waals surface area (Å²) < 4.78 is 2.03. The lowest BCUT2D eigenvalue weighted by atomic mass is 9.93. The number of amides is 1. The normalized spacial score (nSPS) is 24.4. The standard InChI is InChI=1S/C15H22ClN3O/c1-10(11-3-2-6-17-8-11)18-15(20)14-7-12(16)9-19(14)13-4-5-13/h7,9-11,13,17H,2-6,8H2,1H3,(H,18,20). The van der Waals surface area contributed by atoms with Crippen LogP contribution in [0.3, 0.4) is 0 Å². The first-order chi connectivity index (χ1) is 9.65. The molecule has 2 unspecified atom stereocenters. The molecule has 0 radical (unpaired) electrons. The Hall–Kier alpha value is -1.00. The lowest BCUT2D eigenvalue weighted by molar-refractivity contribution is 0.0912. The van der Waals surface area contributed by atoms with E-state index < -0.39 is 0 Å². The van der Waals surface area contributed by atoms with Gasteiger partial charge in [-0.3, -0.25) is 4.79 Å². The van der Waals surface area contributed by atoms with E-state index in [1.165, 1.54) is 12.8 Å². The second kappa shape index (κ2) is 5.78. The van der Waals surface area contributed by atoms with Gasteiger partial charge in [0.2, 0.25) is 0 Å². The number of nitrogens with one attached hydrogen (secondary N) is 2. The van der Waals surface area contributed by atoms with E-state index >= 15 is 0 Å². The molecule has 20 heavy (non-hydrogen) atoms. The van der Waals surface area contributed by atoms with Gasteiger partial charge in [0.25, 0.3) is 5.91 Å². The van der Waals surface area contributed by atoms with Gasteiger partial charge < -0.3 is 15.2 Å². The summed E-state index contributed by atoms with van der Waals surface area (Å²) >= 11 is 6.06. The molecule has 2 heterocycles. The summed E-state index contributed by atoms with van der Waals surface area (Å²) in [5.41, 5.74) is 0.702. The summed E-state index contributed by atoms with van der Waals surface area (Å²) in [5, 5.41) is 7.19. The maximum absolute atomic E-state index is 12.5. The minimum absolute atomic E-state index is 0.00173. The molecule has 1 aromatic heterocycles. The average Bonchev–Trinajstić information content (AvgIpc) is 3.22. The minimum atomic E-state index is 0.00173. The smallest absolute Gasteiger partial charge is 0.268 e. The molecule has 2 atom stereocenters. The molecule has 4 nitrogen and oxygen atoms in total. The van der Waals surface area contributed by atoms with Crippen molar-refractivity contribution in [2.24, 2.45) is 5.92 Å². The lowest BCUT2D eigenvalue weighted by Crippen LogP contribution is -2.44. The van der Waals surface area contributed by atoms with Crippen LogP contribution in [-0.2, 0) is 0 Å². The Morgan fingerprint density at radius 1 is 1.50 bits per heavy atom. The van der Waals surface area contributed by atoms with Crippen LogP contribution in [-0.4, -0.2) is 29.6 Å². The highest BCUT2D eigenvalue weighted by Gasteiger charge is 2.29. The van der Waals surface area contributed by atoms with E-state index in [2.05, 4.69) is 17.6 Å². The molecule has 1 saturated heterocycles. The van der Waals surface area contributed by atoms with E-state index in [0.29, 0.717) is 22.7 Å². The molecule has 0 bridgehead atoms. The molecule has 2 aliphatic rings. The number of halogens is 1. The summed E-state index contributed by atoms with van der Waals surface area (Å²) in [5.74, 6) is 0.523. The van der Waals surface area contributed by atoms with Crippen molar-refractivity contribution in [3.63, 3.8) is 0 Å². The van der Waals surface area contributed by atoms with Crippen molar-refractivity contribution in [3.8, 4) is 0 Å². The van der Waals surface area contributed by atoms with Gasteiger partial charge in [-0.1, -0.05) is 11.6 Å². The summed E-state index contributed by atoms with van der Waals surface area (Å²) in [6.07, 6.45) is 6.54. The predicted molar refractivity (Wildman–Crippen MR) is 80.2 cm³/mol. The van der Waals surface area contributed by atoms with Gasteiger partial charge in [-0.2, -0.15) is 0 Å². The van der Waals surface area contributed by atoms with E-state index in [1.807, 2.05) is 10.8 Å². The predicted octanol–water partition coefficient (Wildman–Crippen LogP) is 2.59. The van der Waals surface area contributed by atoms with E-state index in [-0.39, 0.29) is 11.9 Å². The Morgan fingerprint density at radius 3 is 2.95 bits per heavy atom. The fraction of sp³-hybridized carbons (Fsp3) is 0.667. The Morgan fingerprint density at radius 2 is 2.30 bits per heavy atom. The molecule has 1 aliphatic heterocycles. The van der Waals surface area contributed by atoms with E-state index in [9.17, 15) is 4.79 Å². The zero-order valence-electron chi connectivity index (χ0n) is 11.9. The first-order valence-corrected chi connectivity index (χ1v) is 7.92. The first kappa shape index (κ1) is 14.0.